The summed E-state index contributed by atoms with van der Waals surface area (Å²) in [6.45, 7) is 1.88. The fraction of sp³-hybridized carbons (Fsp3) is 0.231. The summed E-state index contributed by atoms with van der Waals surface area (Å²) in [6.07, 6.45) is 1.38. The number of hydrogen-bond acceptors (Lipinski definition) is 4. The summed E-state index contributed by atoms with van der Waals surface area (Å²) in [7, 11) is -3.54. The van der Waals surface area contributed by atoms with Crippen LogP contribution in [0.25, 0.3) is 0 Å². The first-order valence-corrected chi connectivity index (χ1v) is 7.59. The van der Waals surface area contributed by atoms with Gasteiger partial charge >= 0.3 is 0 Å². The predicted molar refractivity (Wildman–Crippen MR) is 72.6 cm³/mol. The van der Waals surface area contributed by atoms with Gasteiger partial charge in [0, 0.05) is 5.69 Å². The second-order valence-corrected chi connectivity index (χ2v) is 6.17. The average Bonchev–Trinajstić information content (AvgIpc) is 2.36. The second kappa shape index (κ2) is 6.06. The molecule has 1 N–H and O–H groups in total. The van der Waals surface area contributed by atoms with Gasteiger partial charge in [0.25, 0.3) is 0 Å². The molecule has 0 bridgehead atoms. The highest BCUT2D eigenvalue weighted by atomic mass is 32.2. The van der Waals surface area contributed by atoms with Gasteiger partial charge in [-0.15, -0.1) is 0 Å². The average molecular weight is 295 g/mol. The highest BCUT2D eigenvalue weighted by Gasteiger charge is 2.12. The molecule has 0 saturated heterocycles. The Labute approximate surface area is 116 Å². The van der Waals surface area contributed by atoms with Crippen molar-refractivity contribution in [1.82, 2.24) is 14.7 Å². The second-order valence-electron chi connectivity index (χ2n) is 4.36. The standard InChI is InChI=1S/C13H14FN3O2S/c1-10-5-13(16-9-15-10)7-17-20(18,19)8-11-3-2-4-12(14)6-11/h2-6,9,17H,7-8H2,1H3. The summed E-state index contributed by atoms with van der Waals surface area (Å²) in [4.78, 5) is 7.90. The maximum absolute atomic E-state index is 13.0. The van der Waals surface area contributed by atoms with Crippen LogP contribution in [0.4, 0.5) is 4.39 Å². The van der Waals surface area contributed by atoms with E-state index < -0.39 is 15.8 Å². The Morgan fingerprint density at radius 3 is 2.75 bits per heavy atom. The van der Waals surface area contributed by atoms with Gasteiger partial charge in [0.15, 0.2) is 0 Å². The molecule has 106 valence electrons. The van der Waals surface area contributed by atoms with Crippen molar-refractivity contribution >= 4 is 10.0 Å². The van der Waals surface area contributed by atoms with Gasteiger partial charge in [-0.3, -0.25) is 0 Å². The predicted octanol–water partition coefficient (Wildman–Crippen LogP) is 1.54. The molecule has 0 atom stereocenters. The smallest absolute Gasteiger partial charge is 0.216 e. The molecule has 20 heavy (non-hydrogen) atoms. The van der Waals surface area contributed by atoms with E-state index in [0.717, 1.165) is 5.69 Å². The molecule has 2 rings (SSSR count). The molecular formula is C13H14FN3O2S. The lowest BCUT2D eigenvalue weighted by molar-refractivity contribution is 0.579. The largest absolute Gasteiger partial charge is 0.242 e. The van der Waals surface area contributed by atoms with Gasteiger partial charge in [0.05, 0.1) is 18.0 Å². The molecule has 0 saturated carbocycles. The SMILES string of the molecule is Cc1cc(CNS(=O)(=O)Cc2cccc(F)c2)ncn1. The van der Waals surface area contributed by atoms with E-state index in [0.29, 0.717) is 11.3 Å². The van der Waals surface area contributed by atoms with Gasteiger partial charge in [-0.25, -0.2) is 27.5 Å². The van der Waals surface area contributed by atoms with Crippen molar-refractivity contribution in [3.05, 3.63) is 59.4 Å². The first-order valence-electron chi connectivity index (χ1n) is 5.94. The molecule has 1 aromatic carbocycles. The lowest BCUT2D eigenvalue weighted by Gasteiger charge is -2.07. The Morgan fingerprint density at radius 2 is 2.05 bits per heavy atom. The fourth-order valence-electron chi connectivity index (χ4n) is 1.69. The molecule has 2 aromatic rings. The fourth-order valence-corrected chi connectivity index (χ4v) is 2.78. The first-order chi connectivity index (χ1) is 9.44. The number of aryl methyl sites for hydroxylation is 1. The van der Waals surface area contributed by atoms with Crippen LogP contribution in [0.1, 0.15) is 17.0 Å². The summed E-state index contributed by atoms with van der Waals surface area (Å²) < 4.78 is 39.2. The van der Waals surface area contributed by atoms with Gasteiger partial charge in [-0.1, -0.05) is 12.1 Å². The molecule has 1 heterocycles. The number of halogens is 1. The zero-order valence-corrected chi connectivity index (χ0v) is 11.7. The van der Waals surface area contributed by atoms with Crippen LogP contribution < -0.4 is 4.72 Å². The number of sulfonamides is 1. The molecule has 0 fully saturated rings. The minimum Gasteiger partial charge on any atom is -0.242 e. The molecule has 0 aliphatic rings. The number of benzene rings is 1. The van der Waals surface area contributed by atoms with Crippen LogP contribution >= 0.6 is 0 Å². The van der Waals surface area contributed by atoms with E-state index in [9.17, 15) is 12.8 Å². The van der Waals surface area contributed by atoms with Crippen LogP contribution in [0, 0.1) is 12.7 Å². The molecule has 0 unspecified atom stereocenters. The van der Waals surface area contributed by atoms with Crippen molar-refractivity contribution in [2.45, 2.75) is 19.2 Å². The van der Waals surface area contributed by atoms with Crippen LogP contribution in [0.3, 0.4) is 0 Å². The number of nitrogens with one attached hydrogen (secondary N) is 1. The Morgan fingerprint density at radius 1 is 1.25 bits per heavy atom. The van der Waals surface area contributed by atoms with E-state index in [2.05, 4.69) is 14.7 Å². The van der Waals surface area contributed by atoms with Crippen LogP contribution in [-0.2, 0) is 22.3 Å². The van der Waals surface area contributed by atoms with Crippen molar-refractivity contribution < 1.29 is 12.8 Å². The number of aromatic nitrogens is 2. The van der Waals surface area contributed by atoms with Gasteiger partial charge in [-0.05, 0) is 30.7 Å². The lowest BCUT2D eigenvalue weighted by atomic mass is 10.2. The van der Waals surface area contributed by atoms with Crippen molar-refractivity contribution in [3.63, 3.8) is 0 Å². The normalized spacial score (nSPS) is 11.5. The Balaban J connectivity index is 2.01. The summed E-state index contributed by atoms with van der Waals surface area (Å²) in [5.41, 5.74) is 1.75. The quantitative estimate of drug-likeness (QED) is 0.908. The van der Waals surface area contributed by atoms with Crippen molar-refractivity contribution in [2.24, 2.45) is 0 Å². The molecule has 7 heteroatoms. The Hall–Kier alpha value is -1.86. The van der Waals surface area contributed by atoms with Crippen LogP contribution in [0.15, 0.2) is 36.7 Å². The Kier molecular flexibility index (Phi) is 4.41. The first kappa shape index (κ1) is 14.5. The summed E-state index contributed by atoms with van der Waals surface area (Å²) in [5, 5.41) is 0. The van der Waals surface area contributed by atoms with Gasteiger partial charge in [-0.2, -0.15) is 0 Å². The number of nitrogens with zero attached hydrogens (tertiary/aromatic N) is 2. The lowest BCUT2D eigenvalue weighted by Crippen LogP contribution is -2.25. The molecule has 0 spiro atoms. The molecular weight excluding hydrogens is 281 g/mol. The van der Waals surface area contributed by atoms with Crippen LogP contribution in [0.5, 0.6) is 0 Å². The van der Waals surface area contributed by atoms with Crippen LogP contribution in [-0.4, -0.2) is 18.4 Å². The number of rotatable bonds is 5. The zero-order valence-electron chi connectivity index (χ0n) is 10.9. The highest BCUT2D eigenvalue weighted by molar-refractivity contribution is 7.88. The van der Waals surface area contributed by atoms with Gasteiger partial charge < -0.3 is 0 Å². The van der Waals surface area contributed by atoms with Gasteiger partial charge in [0.2, 0.25) is 10.0 Å². The maximum atomic E-state index is 13.0. The topological polar surface area (TPSA) is 72.0 Å². The highest BCUT2D eigenvalue weighted by Crippen LogP contribution is 2.08. The third-order valence-electron chi connectivity index (χ3n) is 2.58. The van der Waals surface area contributed by atoms with E-state index in [1.807, 2.05) is 0 Å². The zero-order chi connectivity index (χ0) is 14.6. The van der Waals surface area contributed by atoms with E-state index >= 15 is 0 Å². The third kappa shape index (κ3) is 4.36. The molecule has 0 aliphatic carbocycles. The van der Waals surface area contributed by atoms with Crippen molar-refractivity contribution in [2.75, 3.05) is 0 Å². The summed E-state index contributed by atoms with van der Waals surface area (Å²) in [6, 6.07) is 7.22. The monoisotopic (exact) mass is 295 g/mol. The summed E-state index contributed by atoms with van der Waals surface area (Å²) in [5.74, 6) is -0.724. The molecule has 1 aromatic heterocycles. The van der Waals surface area contributed by atoms with E-state index in [-0.39, 0.29) is 12.3 Å². The summed E-state index contributed by atoms with van der Waals surface area (Å²) >= 11 is 0. The number of hydrogen-bond donors (Lipinski definition) is 1. The van der Waals surface area contributed by atoms with Crippen molar-refractivity contribution in [3.8, 4) is 0 Å². The van der Waals surface area contributed by atoms with E-state index in [1.54, 1.807) is 19.1 Å². The third-order valence-corrected chi connectivity index (χ3v) is 3.88. The maximum Gasteiger partial charge on any atom is 0.216 e. The van der Waals surface area contributed by atoms with Gasteiger partial charge in [0.1, 0.15) is 12.1 Å². The minimum absolute atomic E-state index is 0.0843. The molecule has 0 aliphatic heterocycles. The molecule has 0 amide bonds. The molecule has 0 radical (unpaired) electrons. The van der Waals surface area contributed by atoms with Crippen molar-refractivity contribution in [1.29, 1.82) is 0 Å². The minimum atomic E-state index is -3.54. The Bertz CT molecular complexity index is 704. The van der Waals surface area contributed by atoms with Crippen LogP contribution in [0.2, 0.25) is 0 Å². The molecule has 5 nitrogen and oxygen atoms in total. The van der Waals surface area contributed by atoms with E-state index in [1.165, 1.54) is 24.5 Å². The van der Waals surface area contributed by atoms with E-state index in [4.69, 9.17) is 0 Å².